The summed E-state index contributed by atoms with van der Waals surface area (Å²) in [7, 11) is 0. The SMILES string of the molecule is O=C(NCC1(CO)CCCCC1)c1cccc(-n2cccc2)c1. The van der Waals surface area contributed by atoms with E-state index in [2.05, 4.69) is 5.32 Å². The van der Waals surface area contributed by atoms with Gasteiger partial charge in [0.05, 0.1) is 6.61 Å². The third-order valence-corrected chi connectivity index (χ3v) is 4.88. The predicted molar refractivity (Wildman–Crippen MR) is 90.7 cm³/mol. The van der Waals surface area contributed by atoms with Gasteiger partial charge < -0.3 is 15.0 Å². The number of carbonyl (C=O) groups excluding carboxylic acids is 1. The van der Waals surface area contributed by atoms with Gasteiger partial charge in [-0.2, -0.15) is 0 Å². The predicted octanol–water partition coefficient (Wildman–Crippen LogP) is 3.15. The molecule has 1 aromatic carbocycles. The number of hydrogen-bond donors (Lipinski definition) is 2. The van der Waals surface area contributed by atoms with E-state index in [4.69, 9.17) is 0 Å². The quantitative estimate of drug-likeness (QED) is 0.891. The lowest BCUT2D eigenvalue weighted by molar-refractivity contribution is 0.0718. The van der Waals surface area contributed by atoms with Crippen LogP contribution in [0.25, 0.3) is 5.69 Å². The minimum absolute atomic E-state index is 0.0718. The highest BCUT2D eigenvalue weighted by Gasteiger charge is 2.31. The maximum absolute atomic E-state index is 12.5. The van der Waals surface area contributed by atoms with Crippen LogP contribution in [0.15, 0.2) is 48.8 Å². The average Bonchev–Trinajstić information content (AvgIpc) is 3.15. The molecule has 4 heteroatoms. The number of benzene rings is 1. The van der Waals surface area contributed by atoms with Crippen molar-refractivity contribution in [3.63, 3.8) is 0 Å². The van der Waals surface area contributed by atoms with Crippen LogP contribution in [0, 0.1) is 5.41 Å². The van der Waals surface area contributed by atoms with Gasteiger partial charge in [-0.25, -0.2) is 0 Å². The zero-order valence-electron chi connectivity index (χ0n) is 13.4. The van der Waals surface area contributed by atoms with Crippen molar-refractivity contribution in [3.05, 3.63) is 54.4 Å². The molecule has 4 nitrogen and oxygen atoms in total. The topological polar surface area (TPSA) is 54.3 Å². The lowest BCUT2D eigenvalue weighted by atomic mass is 9.74. The molecule has 2 N–H and O–H groups in total. The molecule has 0 spiro atoms. The van der Waals surface area contributed by atoms with Gasteiger partial charge in [-0.05, 0) is 43.2 Å². The molecule has 0 unspecified atom stereocenters. The van der Waals surface area contributed by atoms with Crippen LogP contribution in [0.2, 0.25) is 0 Å². The van der Waals surface area contributed by atoms with Crippen molar-refractivity contribution in [2.24, 2.45) is 5.41 Å². The standard InChI is InChI=1S/C19H24N2O2/c22-15-19(9-2-1-3-10-19)14-20-18(23)16-7-6-8-17(13-16)21-11-4-5-12-21/h4-8,11-13,22H,1-3,9-10,14-15H2,(H,20,23). The summed E-state index contributed by atoms with van der Waals surface area (Å²) in [6.07, 6.45) is 9.41. The monoisotopic (exact) mass is 312 g/mol. The molecule has 1 aliphatic rings. The Morgan fingerprint density at radius 1 is 1.13 bits per heavy atom. The highest BCUT2D eigenvalue weighted by Crippen LogP contribution is 2.35. The van der Waals surface area contributed by atoms with E-state index in [0.29, 0.717) is 12.1 Å². The molecule has 0 aliphatic heterocycles. The zero-order chi connectivity index (χ0) is 16.1. The van der Waals surface area contributed by atoms with Gasteiger partial charge in [-0.3, -0.25) is 4.79 Å². The summed E-state index contributed by atoms with van der Waals surface area (Å²) in [5.74, 6) is -0.0718. The lowest BCUT2D eigenvalue weighted by Crippen LogP contribution is -2.41. The van der Waals surface area contributed by atoms with Gasteiger partial charge in [0.2, 0.25) is 0 Å². The summed E-state index contributed by atoms with van der Waals surface area (Å²) in [4.78, 5) is 12.5. The molecule has 1 aromatic heterocycles. The number of amides is 1. The van der Waals surface area contributed by atoms with Crippen molar-refractivity contribution in [1.82, 2.24) is 9.88 Å². The first kappa shape index (κ1) is 15.8. The Labute approximate surface area is 137 Å². The van der Waals surface area contributed by atoms with E-state index in [1.165, 1.54) is 6.42 Å². The Bertz CT molecular complexity index is 643. The van der Waals surface area contributed by atoms with Crippen LogP contribution in [0.1, 0.15) is 42.5 Å². The Morgan fingerprint density at radius 2 is 1.87 bits per heavy atom. The van der Waals surface area contributed by atoms with Crippen LogP contribution in [0.4, 0.5) is 0 Å². The minimum atomic E-state index is -0.133. The van der Waals surface area contributed by atoms with Crippen LogP contribution < -0.4 is 5.32 Å². The van der Waals surface area contributed by atoms with E-state index in [-0.39, 0.29) is 17.9 Å². The molecular formula is C19H24N2O2. The van der Waals surface area contributed by atoms with Gasteiger partial charge in [-0.1, -0.05) is 25.3 Å². The number of carbonyl (C=O) groups is 1. The molecule has 1 fully saturated rings. The van der Waals surface area contributed by atoms with Crippen molar-refractivity contribution >= 4 is 5.91 Å². The maximum atomic E-state index is 12.5. The van der Waals surface area contributed by atoms with Crippen LogP contribution in [-0.4, -0.2) is 28.7 Å². The Kier molecular flexibility index (Phi) is 4.82. The van der Waals surface area contributed by atoms with Gasteiger partial charge in [0.1, 0.15) is 0 Å². The highest BCUT2D eigenvalue weighted by atomic mass is 16.3. The van der Waals surface area contributed by atoms with Crippen molar-refractivity contribution < 1.29 is 9.90 Å². The van der Waals surface area contributed by atoms with Crippen molar-refractivity contribution in [1.29, 1.82) is 0 Å². The molecule has 122 valence electrons. The molecule has 0 saturated heterocycles. The number of aliphatic hydroxyl groups is 1. The fourth-order valence-corrected chi connectivity index (χ4v) is 3.38. The molecule has 0 atom stereocenters. The summed E-state index contributed by atoms with van der Waals surface area (Å²) in [5, 5.41) is 12.8. The summed E-state index contributed by atoms with van der Waals surface area (Å²) >= 11 is 0. The van der Waals surface area contributed by atoms with E-state index >= 15 is 0 Å². The van der Waals surface area contributed by atoms with Gasteiger partial charge in [0, 0.05) is 35.6 Å². The number of nitrogens with one attached hydrogen (secondary N) is 1. The van der Waals surface area contributed by atoms with Crippen LogP contribution in [-0.2, 0) is 0 Å². The maximum Gasteiger partial charge on any atom is 0.251 e. The van der Waals surface area contributed by atoms with Gasteiger partial charge in [0.15, 0.2) is 0 Å². The van der Waals surface area contributed by atoms with E-state index in [1.807, 2.05) is 53.4 Å². The third kappa shape index (κ3) is 3.64. The highest BCUT2D eigenvalue weighted by molar-refractivity contribution is 5.94. The van der Waals surface area contributed by atoms with E-state index < -0.39 is 0 Å². The first-order valence-corrected chi connectivity index (χ1v) is 8.35. The lowest BCUT2D eigenvalue weighted by Gasteiger charge is -2.35. The number of nitrogens with zero attached hydrogens (tertiary/aromatic N) is 1. The summed E-state index contributed by atoms with van der Waals surface area (Å²) in [6, 6.07) is 11.5. The van der Waals surface area contributed by atoms with Crippen LogP contribution >= 0.6 is 0 Å². The summed E-state index contributed by atoms with van der Waals surface area (Å²) in [5.41, 5.74) is 1.49. The normalized spacial score (nSPS) is 16.9. The van der Waals surface area contributed by atoms with Gasteiger partial charge in [0.25, 0.3) is 5.91 Å². The number of hydrogen-bond acceptors (Lipinski definition) is 2. The van der Waals surface area contributed by atoms with E-state index in [1.54, 1.807) is 0 Å². The van der Waals surface area contributed by atoms with Crippen LogP contribution in [0.3, 0.4) is 0 Å². The van der Waals surface area contributed by atoms with E-state index in [0.717, 1.165) is 31.4 Å². The smallest absolute Gasteiger partial charge is 0.251 e. The molecule has 0 bridgehead atoms. The van der Waals surface area contributed by atoms with Crippen molar-refractivity contribution in [2.75, 3.05) is 13.2 Å². The second-order valence-corrected chi connectivity index (χ2v) is 6.54. The average molecular weight is 312 g/mol. The second kappa shape index (κ2) is 7.01. The summed E-state index contributed by atoms with van der Waals surface area (Å²) < 4.78 is 1.98. The third-order valence-electron chi connectivity index (χ3n) is 4.88. The minimum Gasteiger partial charge on any atom is -0.396 e. The molecular weight excluding hydrogens is 288 g/mol. The molecule has 1 aliphatic carbocycles. The van der Waals surface area contributed by atoms with Crippen molar-refractivity contribution in [3.8, 4) is 5.69 Å². The molecule has 23 heavy (non-hydrogen) atoms. The Balaban J connectivity index is 1.67. The summed E-state index contributed by atoms with van der Waals surface area (Å²) in [6.45, 7) is 0.701. The first-order valence-electron chi connectivity index (χ1n) is 8.35. The number of aromatic nitrogens is 1. The Morgan fingerprint density at radius 3 is 2.57 bits per heavy atom. The van der Waals surface area contributed by atoms with Gasteiger partial charge >= 0.3 is 0 Å². The largest absolute Gasteiger partial charge is 0.396 e. The fraction of sp³-hybridized carbons (Fsp3) is 0.421. The number of rotatable bonds is 5. The molecule has 1 heterocycles. The first-order chi connectivity index (χ1) is 11.2. The second-order valence-electron chi connectivity index (χ2n) is 6.54. The molecule has 3 rings (SSSR count). The molecule has 2 aromatic rings. The molecule has 1 saturated carbocycles. The van der Waals surface area contributed by atoms with Crippen molar-refractivity contribution in [2.45, 2.75) is 32.1 Å². The van der Waals surface area contributed by atoms with Gasteiger partial charge in [-0.15, -0.1) is 0 Å². The number of aliphatic hydroxyl groups excluding tert-OH is 1. The molecule has 0 radical (unpaired) electrons. The zero-order valence-corrected chi connectivity index (χ0v) is 13.4. The van der Waals surface area contributed by atoms with E-state index in [9.17, 15) is 9.90 Å². The van der Waals surface area contributed by atoms with Crippen LogP contribution in [0.5, 0.6) is 0 Å². The fourth-order valence-electron chi connectivity index (χ4n) is 3.38. The molecule has 1 amide bonds. The Hall–Kier alpha value is -2.07.